The Morgan fingerprint density at radius 1 is 1.22 bits per heavy atom. The molecule has 150 valence electrons. The summed E-state index contributed by atoms with van der Waals surface area (Å²) in [4.78, 5) is 6.63. The number of para-hydroxylation sites is 1. The van der Waals surface area contributed by atoms with Crippen molar-refractivity contribution in [3.05, 3.63) is 29.8 Å². The Labute approximate surface area is 161 Å². The molecule has 2 heterocycles. The fraction of sp³-hybridized carbons (Fsp3) is 0.611. The third kappa shape index (κ3) is 5.57. The van der Waals surface area contributed by atoms with Crippen molar-refractivity contribution >= 4 is 21.7 Å². The molecule has 8 nitrogen and oxygen atoms in total. The molecule has 3 rings (SSSR count). The number of benzene rings is 1. The van der Waals surface area contributed by atoms with Crippen LogP contribution in [0.4, 0.5) is 5.69 Å². The Bertz CT molecular complexity index is 747. The smallest absolute Gasteiger partial charge is 0.236 e. The summed E-state index contributed by atoms with van der Waals surface area (Å²) < 4.78 is 32.0. The summed E-state index contributed by atoms with van der Waals surface area (Å²) in [5.41, 5.74) is 7.72. The van der Waals surface area contributed by atoms with Crippen molar-refractivity contribution in [2.45, 2.75) is 12.8 Å². The molecule has 0 unspecified atom stereocenters. The first-order valence-electron chi connectivity index (χ1n) is 9.48. The van der Waals surface area contributed by atoms with E-state index in [1.807, 2.05) is 24.3 Å². The molecular formula is C18H29N5O3S. The van der Waals surface area contributed by atoms with Crippen molar-refractivity contribution in [1.82, 2.24) is 10.2 Å². The van der Waals surface area contributed by atoms with Gasteiger partial charge in [0.25, 0.3) is 0 Å². The quantitative estimate of drug-likeness (QED) is 0.365. The van der Waals surface area contributed by atoms with E-state index in [1.165, 1.54) is 4.31 Å². The van der Waals surface area contributed by atoms with E-state index >= 15 is 0 Å². The molecule has 27 heavy (non-hydrogen) atoms. The van der Waals surface area contributed by atoms with Gasteiger partial charge >= 0.3 is 0 Å². The molecule has 1 aromatic rings. The fourth-order valence-corrected chi connectivity index (χ4v) is 4.82. The lowest BCUT2D eigenvalue weighted by Gasteiger charge is -2.26. The molecule has 1 aromatic carbocycles. The molecule has 0 spiro atoms. The molecule has 0 aliphatic carbocycles. The number of sulfonamides is 1. The molecule has 0 saturated carbocycles. The van der Waals surface area contributed by atoms with Crippen LogP contribution < -0.4 is 15.4 Å². The van der Waals surface area contributed by atoms with Gasteiger partial charge in [-0.1, -0.05) is 18.2 Å². The van der Waals surface area contributed by atoms with Gasteiger partial charge in [0.05, 0.1) is 24.7 Å². The minimum absolute atomic E-state index is 0.00860. The van der Waals surface area contributed by atoms with E-state index < -0.39 is 10.0 Å². The van der Waals surface area contributed by atoms with Crippen molar-refractivity contribution in [2.75, 3.05) is 62.5 Å². The SMILES string of the molecule is NC(=NCCCN1CCOCC1)NCCS(=O)(=O)N1CCc2ccccc21. The Hall–Kier alpha value is -1.84. The second-order valence-corrected chi connectivity index (χ2v) is 8.78. The molecule has 9 heteroatoms. The summed E-state index contributed by atoms with van der Waals surface area (Å²) in [6, 6.07) is 7.64. The van der Waals surface area contributed by atoms with Crippen molar-refractivity contribution in [3.63, 3.8) is 0 Å². The number of nitrogens with zero attached hydrogens (tertiary/aromatic N) is 3. The van der Waals surface area contributed by atoms with Crippen LogP contribution in [0.5, 0.6) is 0 Å². The average molecular weight is 396 g/mol. The first-order chi connectivity index (χ1) is 13.1. The predicted molar refractivity (Wildman–Crippen MR) is 108 cm³/mol. The van der Waals surface area contributed by atoms with Crippen LogP contribution in [0.3, 0.4) is 0 Å². The Morgan fingerprint density at radius 2 is 2.00 bits per heavy atom. The van der Waals surface area contributed by atoms with Gasteiger partial charge in [-0.15, -0.1) is 0 Å². The lowest BCUT2D eigenvalue weighted by atomic mass is 10.2. The van der Waals surface area contributed by atoms with Gasteiger partial charge < -0.3 is 15.8 Å². The molecular weight excluding hydrogens is 366 g/mol. The standard InChI is InChI=1S/C18H29N5O3S/c19-18(20-7-3-9-22-11-13-26-14-12-22)21-8-15-27(24,25)23-10-6-16-4-1-2-5-17(16)23/h1-2,4-5H,3,6-15H2,(H3,19,20,21). The maximum atomic E-state index is 12.6. The van der Waals surface area contributed by atoms with Crippen LogP contribution >= 0.6 is 0 Å². The summed E-state index contributed by atoms with van der Waals surface area (Å²) in [6.45, 7) is 5.88. The molecule has 0 aromatic heterocycles. The highest BCUT2D eigenvalue weighted by atomic mass is 32.2. The fourth-order valence-electron chi connectivity index (χ4n) is 3.39. The van der Waals surface area contributed by atoms with Crippen molar-refractivity contribution < 1.29 is 13.2 Å². The van der Waals surface area contributed by atoms with E-state index in [0.717, 1.165) is 56.9 Å². The summed E-state index contributed by atoms with van der Waals surface area (Å²) >= 11 is 0. The maximum absolute atomic E-state index is 12.6. The minimum atomic E-state index is -3.37. The van der Waals surface area contributed by atoms with Gasteiger partial charge in [-0.3, -0.25) is 14.2 Å². The van der Waals surface area contributed by atoms with Crippen LogP contribution in [0.1, 0.15) is 12.0 Å². The van der Waals surface area contributed by atoms with Gasteiger partial charge in [0, 0.05) is 39.3 Å². The van der Waals surface area contributed by atoms with Crippen molar-refractivity contribution in [1.29, 1.82) is 0 Å². The normalized spacial score (nSPS) is 18.5. The van der Waals surface area contributed by atoms with Gasteiger partial charge in [0.15, 0.2) is 5.96 Å². The first kappa shape index (κ1) is 19.9. The number of rotatable bonds is 8. The second-order valence-electron chi connectivity index (χ2n) is 6.77. The topological polar surface area (TPSA) is 100 Å². The predicted octanol–water partition coefficient (Wildman–Crippen LogP) is 0.00550. The third-order valence-electron chi connectivity index (χ3n) is 4.86. The molecule has 1 saturated heterocycles. The second kappa shape index (κ2) is 9.38. The molecule has 2 aliphatic heterocycles. The Kier molecular flexibility index (Phi) is 6.92. The Balaban J connectivity index is 1.38. The minimum Gasteiger partial charge on any atom is -0.379 e. The number of nitrogens with one attached hydrogen (secondary N) is 1. The van der Waals surface area contributed by atoms with E-state index in [9.17, 15) is 8.42 Å². The van der Waals surface area contributed by atoms with E-state index in [2.05, 4.69) is 15.2 Å². The largest absolute Gasteiger partial charge is 0.379 e. The average Bonchev–Trinajstić information content (AvgIpc) is 3.11. The van der Waals surface area contributed by atoms with Crippen LogP contribution in [0.2, 0.25) is 0 Å². The van der Waals surface area contributed by atoms with Gasteiger partial charge in [-0.05, 0) is 24.5 Å². The highest BCUT2D eigenvalue weighted by molar-refractivity contribution is 7.92. The monoisotopic (exact) mass is 395 g/mol. The molecule has 2 aliphatic rings. The third-order valence-corrected chi connectivity index (χ3v) is 6.64. The summed E-state index contributed by atoms with van der Waals surface area (Å²) in [7, 11) is -3.37. The summed E-state index contributed by atoms with van der Waals surface area (Å²) in [6.07, 6.45) is 1.68. The van der Waals surface area contributed by atoms with Crippen LogP contribution in [-0.2, 0) is 21.2 Å². The lowest BCUT2D eigenvalue weighted by molar-refractivity contribution is 0.0377. The van der Waals surface area contributed by atoms with E-state index in [0.29, 0.717) is 19.0 Å². The van der Waals surface area contributed by atoms with Crippen LogP contribution in [0.15, 0.2) is 29.3 Å². The number of ether oxygens (including phenoxy) is 1. The summed E-state index contributed by atoms with van der Waals surface area (Å²) in [5, 5.41) is 2.91. The molecule has 0 atom stereocenters. The lowest BCUT2D eigenvalue weighted by Crippen LogP contribution is -2.39. The van der Waals surface area contributed by atoms with E-state index in [4.69, 9.17) is 10.5 Å². The molecule has 3 N–H and O–H groups in total. The van der Waals surface area contributed by atoms with Crippen molar-refractivity contribution in [2.24, 2.45) is 10.7 Å². The number of hydrogen-bond acceptors (Lipinski definition) is 5. The zero-order valence-electron chi connectivity index (χ0n) is 15.6. The number of hydrogen-bond donors (Lipinski definition) is 2. The zero-order chi connectivity index (χ0) is 19.1. The van der Waals surface area contributed by atoms with Crippen LogP contribution in [0, 0.1) is 0 Å². The van der Waals surface area contributed by atoms with Gasteiger partial charge in [-0.2, -0.15) is 0 Å². The van der Waals surface area contributed by atoms with Gasteiger partial charge in [-0.25, -0.2) is 8.42 Å². The number of fused-ring (bicyclic) bond motifs is 1. The number of aliphatic imine (C=N–C) groups is 1. The molecule has 0 bridgehead atoms. The molecule has 1 fully saturated rings. The molecule has 0 amide bonds. The highest BCUT2D eigenvalue weighted by Gasteiger charge is 2.28. The van der Waals surface area contributed by atoms with Crippen LogP contribution in [0.25, 0.3) is 0 Å². The summed E-state index contributed by atoms with van der Waals surface area (Å²) in [5.74, 6) is 0.291. The van der Waals surface area contributed by atoms with E-state index in [-0.39, 0.29) is 12.3 Å². The number of guanidine groups is 1. The highest BCUT2D eigenvalue weighted by Crippen LogP contribution is 2.29. The van der Waals surface area contributed by atoms with Gasteiger partial charge in [0.2, 0.25) is 10.0 Å². The molecule has 0 radical (unpaired) electrons. The number of nitrogens with two attached hydrogens (primary N) is 1. The van der Waals surface area contributed by atoms with Crippen LogP contribution in [-0.4, -0.2) is 77.5 Å². The Morgan fingerprint density at radius 3 is 2.81 bits per heavy atom. The van der Waals surface area contributed by atoms with Gasteiger partial charge in [0.1, 0.15) is 0 Å². The number of anilines is 1. The van der Waals surface area contributed by atoms with Crippen molar-refractivity contribution in [3.8, 4) is 0 Å². The number of morpholine rings is 1. The zero-order valence-corrected chi connectivity index (χ0v) is 16.5. The first-order valence-corrected chi connectivity index (χ1v) is 11.1. The maximum Gasteiger partial charge on any atom is 0.236 e. The van der Waals surface area contributed by atoms with E-state index in [1.54, 1.807) is 0 Å².